The SMILES string of the molecule is C[C@@H](O)[C@H](NC(=O)[C@@H](N)CCCCN)C(=O)N[C@@H](CCCN=C(N)N)C(=O)NCC(=O)N[C@@H](CS)C(=O)N[C@@H](CCCN=C(N)N)C(=O)O. The molecule has 0 saturated carbocycles. The third kappa shape index (κ3) is 19.9. The summed E-state index contributed by atoms with van der Waals surface area (Å²) in [7, 11) is 0. The van der Waals surface area contributed by atoms with Crippen LogP contribution in [-0.2, 0) is 28.8 Å². The maximum Gasteiger partial charge on any atom is 0.326 e. The molecule has 6 atom stereocenters. The molecule has 5 amide bonds. The van der Waals surface area contributed by atoms with Crippen LogP contribution >= 0.6 is 12.6 Å². The molecule has 0 aliphatic carbocycles. The fourth-order valence-electron chi connectivity index (χ4n) is 4.10. The molecular formula is C27H53N13O8S. The van der Waals surface area contributed by atoms with Gasteiger partial charge in [0.15, 0.2) is 11.9 Å². The quantitative estimate of drug-likeness (QED) is 0.0181. The van der Waals surface area contributed by atoms with Crippen LogP contribution in [0.1, 0.15) is 51.9 Å². The van der Waals surface area contributed by atoms with Gasteiger partial charge in [0.05, 0.1) is 18.7 Å². The van der Waals surface area contributed by atoms with E-state index in [1.54, 1.807) is 0 Å². The molecule has 22 heteroatoms. The van der Waals surface area contributed by atoms with E-state index in [9.17, 15) is 39.0 Å². The lowest BCUT2D eigenvalue weighted by Crippen LogP contribution is -2.59. The summed E-state index contributed by atoms with van der Waals surface area (Å²) in [5.41, 5.74) is 32.5. The van der Waals surface area contributed by atoms with Gasteiger partial charge in [-0.2, -0.15) is 12.6 Å². The van der Waals surface area contributed by atoms with Crippen LogP contribution in [0.15, 0.2) is 9.98 Å². The van der Waals surface area contributed by atoms with Gasteiger partial charge in [-0.15, -0.1) is 0 Å². The number of nitrogens with one attached hydrogen (secondary N) is 5. The highest BCUT2D eigenvalue weighted by atomic mass is 32.1. The van der Waals surface area contributed by atoms with E-state index < -0.39 is 78.4 Å². The molecule has 280 valence electrons. The summed E-state index contributed by atoms with van der Waals surface area (Å²) in [6.45, 7) is 1.28. The summed E-state index contributed by atoms with van der Waals surface area (Å²) in [6.07, 6.45) is 0.577. The average molecular weight is 720 g/mol. The van der Waals surface area contributed by atoms with Gasteiger partial charge in [0.1, 0.15) is 24.2 Å². The highest BCUT2D eigenvalue weighted by molar-refractivity contribution is 7.80. The Hall–Kier alpha value is -4.41. The number of unbranched alkanes of at least 4 members (excludes halogenated alkanes) is 1. The van der Waals surface area contributed by atoms with E-state index in [1.807, 2.05) is 0 Å². The highest BCUT2D eigenvalue weighted by Crippen LogP contribution is 2.05. The lowest BCUT2D eigenvalue weighted by Gasteiger charge is -2.26. The zero-order valence-corrected chi connectivity index (χ0v) is 28.5. The van der Waals surface area contributed by atoms with Crippen molar-refractivity contribution in [3.63, 3.8) is 0 Å². The van der Waals surface area contributed by atoms with E-state index in [0.29, 0.717) is 25.8 Å². The first kappa shape index (κ1) is 44.6. The van der Waals surface area contributed by atoms with Gasteiger partial charge in [0, 0.05) is 18.8 Å². The standard InChI is InChI=1S/C27H53N13O8S/c1-14(41)20(40-21(43)15(29)6-2-3-9-28)24(46)38-16(7-4-10-34-26(30)31)22(44)36-12-19(42)37-18(13-49)23(45)39-17(25(47)48)8-5-11-35-27(32)33/h14-18,20,41,49H,2-13,28-29H2,1H3,(H,36,44)(H,37,42)(H,38,46)(H,39,45)(H,40,43)(H,47,48)(H4,30,31,34)(H4,32,33,35)/t14-,15+,16+,17+,18+,20+/m1/s1. The maximum atomic E-state index is 13.1. The van der Waals surface area contributed by atoms with Crippen LogP contribution < -0.4 is 61.0 Å². The zero-order valence-electron chi connectivity index (χ0n) is 27.6. The predicted molar refractivity (Wildman–Crippen MR) is 185 cm³/mol. The van der Waals surface area contributed by atoms with Crippen LogP contribution in [0, 0.1) is 0 Å². The Morgan fingerprint density at radius 1 is 0.714 bits per heavy atom. The van der Waals surface area contributed by atoms with Crippen molar-refractivity contribution in [1.29, 1.82) is 0 Å². The maximum absolute atomic E-state index is 13.1. The summed E-state index contributed by atoms with van der Waals surface area (Å²) < 4.78 is 0. The Morgan fingerprint density at radius 3 is 1.76 bits per heavy atom. The Bertz CT molecular complexity index is 1150. The Balaban J connectivity index is 5.47. The number of aliphatic carboxylic acids is 1. The van der Waals surface area contributed by atoms with Gasteiger partial charge in [0.2, 0.25) is 29.5 Å². The minimum Gasteiger partial charge on any atom is -0.480 e. The topological polar surface area (TPSA) is 384 Å². The van der Waals surface area contributed by atoms with Gasteiger partial charge in [-0.3, -0.25) is 34.0 Å². The van der Waals surface area contributed by atoms with Gasteiger partial charge in [-0.1, -0.05) is 6.42 Å². The number of carbonyl (C=O) groups is 6. The molecule has 0 aliphatic heterocycles. The molecule has 0 aromatic rings. The molecule has 0 aromatic carbocycles. The number of carboxylic acid groups (broad SMARTS) is 1. The van der Waals surface area contributed by atoms with Gasteiger partial charge in [-0.05, 0) is 52.0 Å². The zero-order chi connectivity index (χ0) is 37.5. The Morgan fingerprint density at radius 2 is 1.27 bits per heavy atom. The molecule has 0 radical (unpaired) electrons. The molecule has 19 N–H and O–H groups in total. The number of nitrogens with zero attached hydrogens (tertiary/aromatic N) is 2. The smallest absolute Gasteiger partial charge is 0.326 e. The van der Waals surface area contributed by atoms with Crippen molar-refractivity contribution >= 4 is 60.1 Å². The summed E-state index contributed by atoms with van der Waals surface area (Å²) in [5.74, 6) is -5.95. The number of carbonyl (C=O) groups excluding carboxylic acids is 5. The summed E-state index contributed by atoms with van der Waals surface area (Å²) in [5, 5.41) is 31.5. The number of nitrogens with two attached hydrogens (primary N) is 6. The summed E-state index contributed by atoms with van der Waals surface area (Å²) in [4.78, 5) is 83.3. The largest absolute Gasteiger partial charge is 0.480 e. The number of aliphatic hydroxyl groups is 1. The molecule has 0 aliphatic rings. The van der Waals surface area contributed by atoms with E-state index in [1.165, 1.54) is 6.92 Å². The lowest BCUT2D eigenvalue weighted by atomic mass is 10.1. The molecular weight excluding hydrogens is 666 g/mol. The fraction of sp³-hybridized carbons (Fsp3) is 0.704. The normalized spacial score (nSPS) is 14.4. The first-order valence-corrected chi connectivity index (χ1v) is 16.2. The van der Waals surface area contributed by atoms with E-state index in [-0.39, 0.29) is 56.4 Å². The van der Waals surface area contributed by atoms with Crippen LogP contribution in [0.5, 0.6) is 0 Å². The van der Waals surface area contributed by atoms with Crippen LogP contribution in [0.4, 0.5) is 0 Å². The number of hydrogen-bond donors (Lipinski definition) is 14. The molecule has 0 fully saturated rings. The monoisotopic (exact) mass is 719 g/mol. The predicted octanol–water partition coefficient (Wildman–Crippen LogP) is -6.00. The molecule has 0 rings (SSSR count). The molecule has 0 saturated heterocycles. The van der Waals surface area contributed by atoms with Crippen molar-refractivity contribution in [2.24, 2.45) is 44.4 Å². The van der Waals surface area contributed by atoms with Crippen molar-refractivity contribution in [3.05, 3.63) is 0 Å². The van der Waals surface area contributed by atoms with Crippen molar-refractivity contribution in [2.75, 3.05) is 31.9 Å². The Kier molecular flexibility index (Phi) is 22.5. The van der Waals surface area contributed by atoms with Gasteiger partial charge in [0.25, 0.3) is 0 Å². The number of aliphatic imine (C=N–C) groups is 2. The van der Waals surface area contributed by atoms with Crippen LogP contribution in [0.3, 0.4) is 0 Å². The first-order chi connectivity index (χ1) is 23.0. The molecule has 21 nitrogen and oxygen atoms in total. The Labute approximate surface area is 290 Å². The van der Waals surface area contributed by atoms with Gasteiger partial charge < -0.3 is 71.2 Å². The minimum absolute atomic E-state index is 0.00135. The third-order valence-electron chi connectivity index (χ3n) is 6.76. The number of carboxylic acids is 1. The van der Waals surface area contributed by atoms with Crippen molar-refractivity contribution in [2.45, 2.75) is 88.2 Å². The molecule has 0 aromatic heterocycles. The number of aliphatic hydroxyl groups excluding tert-OH is 1. The summed E-state index contributed by atoms with van der Waals surface area (Å²) >= 11 is 4.05. The van der Waals surface area contributed by atoms with E-state index >= 15 is 0 Å². The van der Waals surface area contributed by atoms with E-state index in [2.05, 4.69) is 49.2 Å². The van der Waals surface area contributed by atoms with Crippen molar-refractivity contribution in [3.8, 4) is 0 Å². The molecule has 0 heterocycles. The van der Waals surface area contributed by atoms with Gasteiger partial charge in [-0.25, -0.2) is 4.79 Å². The van der Waals surface area contributed by atoms with Crippen LogP contribution in [0.2, 0.25) is 0 Å². The second kappa shape index (κ2) is 24.7. The molecule has 49 heavy (non-hydrogen) atoms. The average Bonchev–Trinajstić information content (AvgIpc) is 3.03. The van der Waals surface area contributed by atoms with Gasteiger partial charge >= 0.3 is 5.97 Å². The van der Waals surface area contributed by atoms with Crippen molar-refractivity contribution < 1.29 is 39.0 Å². The fourth-order valence-corrected chi connectivity index (χ4v) is 4.36. The number of amides is 5. The second-order valence-corrected chi connectivity index (χ2v) is 11.4. The summed E-state index contributed by atoms with van der Waals surface area (Å²) in [6, 6.07) is -6.28. The second-order valence-electron chi connectivity index (χ2n) is 11.0. The minimum atomic E-state index is -1.47. The third-order valence-corrected chi connectivity index (χ3v) is 7.13. The molecule has 0 bridgehead atoms. The first-order valence-electron chi connectivity index (χ1n) is 15.6. The number of rotatable bonds is 25. The number of thiol groups is 1. The van der Waals surface area contributed by atoms with Crippen molar-refractivity contribution in [1.82, 2.24) is 26.6 Å². The molecule has 0 spiro atoms. The van der Waals surface area contributed by atoms with Crippen LogP contribution in [-0.4, -0.2) is 126 Å². The highest BCUT2D eigenvalue weighted by Gasteiger charge is 2.31. The van der Waals surface area contributed by atoms with Crippen LogP contribution in [0.25, 0.3) is 0 Å². The number of guanidine groups is 2. The van der Waals surface area contributed by atoms with E-state index in [4.69, 9.17) is 34.4 Å². The van der Waals surface area contributed by atoms with E-state index in [0.717, 1.165) is 0 Å². The number of hydrogen-bond acceptors (Lipinski definition) is 12. The molecule has 0 unspecified atom stereocenters. The lowest BCUT2D eigenvalue weighted by molar-refractivity contribution is -0.142.